The van der Waals surface area contributed by atoms with Crippen molar-refractivity contribution in [3.63, 3.8) is 0 Å². The second-order valence-corrected chi connectivity index (χ2v) is 5.33. The van der Waals surface area contributed by atoms with E-state index >= 15 is 0 Å². The monoisotopic (exact) mass is 299 g/mol. The first-order chi connectivity index (χ1) is 10.1. The lowest BCUT2D eigenvalue weighted by molar-refractivity contribution is -0.116. The van der Waals surface area contributed by atoms with Gasteiger partial charge in [-0.1, -0.05) is 30.7 Å². The van der Waals surface area contributed by atoms with Crippen molar-refractivity contribution in [3.05, 3.63) is 64.4 Å². The molecule has 5 heteroatoms. The number of halogens is 1. The van der Waals surface area contributed by atoms with Crippen LogP contribution in [0.15, 0.2) is 53.3 Å². The lowest BCUT2D eigenvalue weighted by Crippen LogP contribution is -2.15. The van der Waals surface area contributed by atoms with E-state index in [2.05, 4.69) is 15.5 Å². The van der Waals surface area contributed by atoms with E-state index in [-0.39, 0.29) is 11.8 Å². The van der Waals surface area contributed by atoms with Crippen LogP contribution in [0.25, 0.3) is 6.08 Å². The zero-order valence-electron chi connectivity index (χ0n) is 11.4. The molecule has 1 amide bonds. The minimum atomic E-state index is -0.180. The molecule has 1 aromatic heterocycles. The van der Waals surface area contributed by atoms with Gasteiger partial charge in [0.15, 0.2) is 0 Å². The number of H-pyrrole nitrogens is 1. The van der Waals surface area contributed by atoms with Crippen LogP contribution in [-0.2, 0) is 4.79 Å². The first-order valence-electron chi connectivity index (χ1n) is 6.64. The third-order valence-electron chi connectivity index (χ3n) is 3.50. The highest BCUT2D eigenvalue weighted by Crippen LogP contribution is 2.25. The van der Waals surface area contributed by atoms with Gasteiger partial charge in [0.1, 0.15) is 0 Å². The maximum Gasteiger partial charge on any atom is 0.273 e. The predicted octanol–water partition coefficient (Wildman–Crippen LogP) is 3.34. The fraction of sp³-hybridized carbons (Fsp3) is 0.125. The maximum atomic E-state index is 12.0. The number of rotatable bonds is 3. The maximum absolute atomic E-state index is 12.0. The number of benzene rings is 1. The number of hydrogen-bond acceptors (Lipinski definition) is 2. The Morgan fingerprint density at radius 2 is 2.00 bits per heavy atom. The molecule has 1 aliphatic rings. The lowest BCUT2D eigenvalue weighted by Gasteiger charge is -2.12. The molecule has 0 fully saturated rings. The summed E-state index contributed by atoms with van der Waals surface area (Å²) in [5.41, 5.74) is 5.79. The van der Waals surface area contributed by atoms with Gasteiger partial charge < -0.3 is 4.98 Å². The van der Waals surface area contributed by atoms with Gasteiger partial charge in [0.2, 0.25) is 0 Å². The second-order valence-electron chi connectivity index (χ2n) is 4.89. The van der Waals surface area contributed by atoms with Gasteiger partial charge in [-0.15, -0.1) is 0 Å². The third-order valence-corrected chi connectivity index (χ3v) is 3.75. The van der Waals surface area contributed by atoms with Gasteiger partial charge in [-0.25, -0.2) is 5.43 Å². The predicted molar refractivity (Wildman–Crippen MR) is 84.2 cm³/mol. The molecule has 4 nitrogen and oxygen atoms in total. The summed E-state index contributed by atoms with van der Waals surface area (Å²) in [5.74, 6) is -0.178. The molecular formula is C16H14ClN3O. The highest BCUT2D eigenvalue weighted by molar-refractivity contribution is 6.31. The molecule has 1 aliphatic heterocycles. The number of aromatic amines is 1. The fourth-order valence-electron chi connectivity index (χ4n) is 2.32. The fourth-order valence-corrected chi connectivity index (χ4v) is 2.44. The van der Waals surface area contributed by atoms with Crippen LogP contribution in [0.5, 0.6) is 0 Å². The molecule has 0 saturated heterocycles. The first kappa shape index (κ1) is 13.6. The van der Waals surface area contributed by atoms with Gasteiger partial charge in [-0.3, -0.25) is 4.79 Å². The molecule has 0 radical (unpaired) electrons. The minimum Gasteiger partial charge on any atom is -0.362 e. The van der Waals surface area contributed by atoms with Crippen LogP contribution in [0.2, 0.25) is 5.02 Å². The zero-order valence-corrected chi connectivity index (χ0v) is 12.2. The van der Waals surface area contributed by atoms with Crippen molar-refractivity contribution in [2.45, 2.75) is 12.8 Å². The minimum absolute atomic E-state index is 0.00225. The van der Waals surface area contributed by atoms with E-state index in [4.69, 9.17) is 11.6 Å². The van der Waals surface area contributed by atoms with Crippen molar-refractivity contribution in [2.24, 2.45) is 5.10 Å². The molecule has 0 saturated carbocycles. The summed E-state index contributed by atoms with van der Waals surface area (Å²) in [5, 5.41) is 4.87. The molecule has 1 unspecified atom stereocenters. The van der Waals surface area contributed by atoms with E-state index < -0.39 is 0 Å². The normalized spacial score (nSPS) is 17.7. The van der Waals surface area contributed by atoms with E-state index in [9.17, 15) is 4.79 Å². The molecule has 0 spiro atoms. The molecule has 2 N–H and O–H groups in total. The average Bonchev–Trinajstić information content (AvgIpc) is 3.11. The summed E-state index contributed by atoms with van der Waals surface area (Å²) in [6, 6.07) is 11.4. The van der Waals surface area contributed by atoms with Crippen LogP contribution in [0.1, 0.15) is 24.1 Å². The summed E-state index contributed by atoms with van der Waals surface area (Å²) in [6.45, 7) is 2.02. The van der Waals surface area contributed by atoms with Crippen molar-refractivity contribution in [1.82, 2.24) is 10.4 Å². The van der Waals surface area contributed by atoms with Crippen LogP contribution in [-0.4, -0.2) is 16.6 Å². The molecule has 21 heavy (non-hydrogen) atoms. The molecule has 0 bridgehead atoms. The van der Waals surface area contributed by atoms with Gasteiger partial charge in [0.05, 0.1) is 11.3 Å². The Morgan fingerprint density at radius 1 is 1.24 bits per heavy atom. The molecule has 0 aliphatic carbocycles. The van der Waals surface area contributed by atoms with Crippen molar-refractivity contribution in [3.8, 4) is 0 Å². The van der Waals surface area contributed by atoms with Gasteiger partial charge in [-0.05, 0) is 35.9 Å². The average molecular weight is 300 g/mol. The van der Waals surface area contributed by atoms with Crippen LogP contribution in [0, 0.1) is 0 Å². The van der Waals surface area contributed by atoms with Crippen LogP contribution in [0.4, 0.5) is 0 Å². The second kappa shape index (κ2) is 5.58. The topological polar surface area (TPSA) is 57.2 Å². The number of nitrogens with zero attached hydrogens (tertiary/aromatic N) is 1. The Kier molecular flexibility index (Phi) is 3.62. The van der Waals surface area contributed by atoms with Crippen molar-refractivity contribution < 1.29 is 4.79 Å². The van der Waals surface area contributed by atoms with E-state index in [0.717, 1.165) is 17.0 Å². The molecule has 1 aromatic carbocycles. The number of carbonyl (C=O) groups excluding carboxylic acids is 1. The third kappa shape index (κ3) is 2.76. The Labute approximate surface area is 127 Å². The quantitative estimate of drug-likeness (QED) is 0.839. The Hall–Kier alpha value is -2.33. The molecular weight excluding hydrogens is 286 g/mol. The van der Waals surface area contributed by atoms with E-state index in [0.29, 0.717) is 10.6 Å². The van der Waals surface area contributed by atoms with E-state index in [1.165, 1.54) is 0 Å². The Bertz CT molecular complexity index is 714. The van der Waals surface area contributed by atoms with E-state index in [1.807, 2.05) is 55.6 Å². The SMILES string of the molecule is CC(C1=NNC(=O)/C1=C/c1ccc[nH]1)c1ccc(Cl)cc1. The largest absolute Gasteiger partial charge is 0.362 e. The molecule has 2 heterocycles. The summed E-state index contributed by atoms with van der Waals surface area (Å²) < 4.78 is 0. The highest BCUT2D eigenvalue weighted by atomic mass is 35.5. The van der Waals surface area contributed by atoms with Crippen LogP contribution in [0.3, 0.4) is 0 Å². The smallest absolute Gasteiger partial charge is 0.273 e. The lowest BCUT2D eigenvalue weighted by atomic mass is 9.91. The summed E-state index contributed by atoms with van der Waals surface area (Å²) in [6.07, 6.45) is 3.63. The van der Waals surface area contributed by atoms with Crippen molar-refractivity contribution in [1.29, 1.82) is 0 Å². The number of hydrogen-bond donors (Lipinski definition) is 2. The highest BCUT2D eigenvalue weighted by Gasteiger charge is 2.27. The van der Waals surface area contributed by atoms with Crippen molar-refractivity contribution >= 4 is 29.3 Å². The standard InChI is InChI=1S/C16H14ClN3O/c1-10(11-4-6-12(17)7-5-11)15-14(16(21)20-19-15)9-13-3-2-8-18-13/h2-10,18H,1H3,(H,20,21)/b14-9+. The summed E-state index contributed by atoms with van der Waals surface area (Å²) in [4.78, 5) is 15.0. The zero-order chi connectivity index (χ0) is 14.8. The number of nitrogens with one attached hydrogen (secondary N) is 2. The van der Waals surface area contributed by atoms with Crippen molar-refractivity contribution in [2.75, 3.05) is 0 Å². The molecule has 3 rings (SSSR count). The molecule has 106 valence electrons. The van der Waals surface area contributed by atoms with E-state index in [1.54, 1.807) is 0 Å². The summed E-state index contributed by atoms with van der Waals surface area (Å²) in [7, 11) is 0. The van der Waals surface area contributed by atoms with Crippen LogP contribution >= 0.6 is 11.6 Å². The van der Waals surface area contributed by atoms with Gasteiger partial charge in [-0.2, -0.15) is 5.10 Å². The van der Waals surface area contributed by atoms with Gasteiger partial charge >= 0.3 is 0 Å². The van der Waals surface area contributed by atoms with Crippen LogP contribution < -0.4 is 5.43 Å². The number of carbonyl (C=O) groups is 1. The Morgan fingerprint density at radius 3 is 2.67 bits per heavy atom. The van der Waals surface area contributed by atoms with Gasteiger partial charge in [0, 0.05) is 22.8 Å². The Balaban J connectivity index is 1.93. The number of amides is 1. The molecule has 1 atom stereocenters. The first-order valence-corrected chi connectivity index (χ1v) is 7.02. The summed E-state index contributed by atoms with van der Waals surface area (Å²) >= 11 is 5.91. The molecule has 2 aromatic rings. The number of hydrazone groups is 1. The number of aromatic nitrogens is 1. The van der Waals surface area contributed by atoms with Gasteiger partial charge in [0.25, 0.3) is 5.91 Å².